The summed E-state index contributed by atoms with van der Waals surface area (Å²) in [7, 11) is 0. The lowest BCUT2D eigenvalue weighted by molar-refractivity contribution is 0.00416. The number of hydrogen-bond donors (Lipinski definition) is 2. The molecule has 138 valence electrons. The van der Waals surface area contributed by atoms with Crippen LogP contribution in [0.2, 0.25) is 5.02 Å². The fourth-order valence-electron chi connectivity index (χ4n) is 2.53. The molecule has 25 heavy (non-hydrogen) atoms. The van der Waals surface area contributed by atoms with Crippen LogP contribution in [0.3, 0.4) is 0 Å². The summed E-state index contributed by atoms with van der Waals surface area (Å²) in [6.07, 6.45) is -0.444. The summed E-state index contributed by atoms with van der Waals surface area (Å²) < 4.78 is 5.35. The van der Waals surface area contributed by atoms with E-state index < -0.39 is 17.7 Å². The lowest BCUT2D eigenvalue weighted by Gasteiger charge is -2.40. The van der Waals surface area contributed by atoms with Crippen LogP contribution in [0.15, 0.2) is 24.3 Å². The highest BCUT2D eigenvalue weighted by atomic mass is 35.5. The number of amides is 3. The van der Waals surface area contributed by atoms with Crippen molar-refractivity contribution in [3.05, 3.63) is 29.3 Å². The first-order valence-corrected chi connectivity index (χ1v) is 8.49. The van der Waals surface area contributed by atoms with Crippen molar-refractivity contribution in [1.29, 1.82) is 0 Å². The number of carbonyl (C=O) groups excluding carboxylic acids is 2. The Morgan fingerprint density at radius 2 is 2.08 bits per heavy atom. The van der Waals surface area contributed by atoms with E-state index in [0.717, 1.165) is 0 Å². The van der Waals surface area contributed by atoms with E-state index in [-0.39, 0.29) is 19.2 Å². The third-order valence-electron chi connectivity index (χ3n) is 3.68. The molecule has 2 rings (SSSR count). The first-order chi connectivity index (χ1) is 11.7. The summed E-state index contributed by atoms with van der Waals surface area (Å²) in [5.74, 6) is 0. The number of benzene rings is 1. The van der Waals surface area contributed by atoms with Gasteiger partial charge in [-0.25, -0.2) is 9.59 Å². The molecule has 1 unspecified atom stereocenters. The zero-order valence-electron chi connectivity index (χ0n) is 14.7. The Labute approximate surface area is 152 Å². The SMILES string of the molecule is CC(C)(C)OC(=O)N1CCN(C(=O)Nc2cccc(Cl)c2)C(CO)C1. The predicted molar refractivity (Wildman–Crippen MR) is 95.9 cm³/mol. The maximum Gasteiger partial charge on any atom is 0.410 e. The van der Waals surface area contributed by atoms with E-state index in [2.05, 4.69) is 5.32 Å². The van der Waals surface area contributed by atoms with Crippen LogP contribution in [0.5, 0.6) is 0 Å². The van der Waals surface area contributed by atoms with Crippen molar-refractivity contribution >= 4 is 29.4 Å². The van der Waals surface area contributed by atoms with Gasteiger partial charge >= 0.3 is 12.1 Å². The lowest BCUT2D eigenvalue weighted by atomic mass is 10.2. The number of aliphatic hydroxyl groups excluding tert-OH is 1. The predicted octanol–water partition coefficient (Wildman–Crippen LogP) is 2.79. The summed E-state index contributed by atoms with van der Waals surface area (Å²) in [4.78, 5) is 27.7. The molecule has 0 aromatic heterocycles. The normalized spacial score (nSPS) is 18.0. The molecule has 1 heterocycles. The molecule has 3 amide bonds. The van der Waals surface area contributed by atoms with Gasteiger partial charge in [-0.1, -0.05) is 17.7 Å². The van der Waals surface area contributed by atoms with Gasteiger partial charge in [-0.3, -0.25) is 0 Å². The molecular formula is C17H24ClN3O4. The van der Waals surface area contributed by atoms with Crippen LogP contribution in [0.25, 0.3) is 0 Å². The van der Waals surface area contributed by atoms with Crippen molar-refractivity contribution in [2.75, 3.05) is 31.6 Å². The molecule has 8 heteroatoms. The molecule has 1 aromatic carbocycles. The van der Waals surface area contributed by atoms with Gasteiger partial charge in [0.25, 0.3) is 0 Å². The van der Waals surface area contributed by atoms with Gasteiger partial charge in [-0.15, -0.1) is 0 Å². The Hall–Kier alpha value is -1.99. The minimum atomic E-state index is -0.590. The van der Waals surface area contributed by atoms with Crippen LogP contribution in [0.4, 0.5) is 15.3 Å². The average Bonchev–Trinajstić information content (AvgIpc) is 2.52. The van der Waals surface area contributed by atoms with Crippen molar-refractivity contribution in [1.82, 2.24) is 9.80 Å². The van der Waals surface area contributed by atoms with Crippen molar-refractivity contribution in [3.8, 4) is 0 Å². The third kappa shape index (κ3) is 5.51. The molecule has 7 nitrogen and oxygen atoms in total. The molecule has 1 aliphatic rings. The van der Waals surface area contributed by atoms with Crippen molar-refractivity contribution in [3.63, 3.8) is 0 Å². The first-order valence-electron chi connectivity index (χ1n) is 8.11. The van der Waals surface area contributed by atoms with Gasteiger partial charge in [0, 0.05) is 30.3 Å². The Morgan fingerprint density at radius 3 is 2.68 bits per heavy atom. The second kappa shape index (κ2) is 7.93. The Kier molecular flexibility index (Phi) is 6.13. The minimum absolute atomic E-state index is 0.217. The molecule has 2 N–H and O–H groups in total. The number of nitrogens with zero attached hydrogens (tertiary/aromatic N) is 2. The number of halogens is 1. The van der Waals surface area contributed by atoms with Gasteiger partial charge in [0.2, 0.25) is 0 Å². The quantitative estimate of drug-likeness (QED) is 0.839. The highest BCUT2D eigenvalue weighted by Gasteiger charge is 2.34. The lowest BCUT2D eigenvalue weighted by Crippen LogP contribution is -2.59. The largest absolute Gasteiger partial charge is 0.444 e. The van der Waals surface area contributed by atoms with Crippen LogP contribution in [0, 0.1) is 0 Å². The van der Waals surface area contributed by atoms with Gasteiger partial charge in [-0.05, 0) is 39.0 Å². The van der Waals surface area contributed by atoms with Gasteiger partial charge in [0.05, 0.1) is 12.6 Å². The second-order valence-electron chi connectivity index (χ2n) is 6.90. The summed E-state index contributed by atoms with van der Waals surface area (Å²) >= 11 is 5.91. The van der Waals surface area contributed by atoms with Gasteiger partial charge in [0.15, 0.2) is 0 Å². The maximum atomic E-state index is 12.5. The number of rotatable bonds is 2. The van der Waals surface area contributed by atoms with Crippen LogP contribution >= 0.6 is 11.6 Å². The highest BCUT2D eigenvalue weighted by molar-refractivity contribution is 6.30. The fourth-order valence-corrected chi connectivity index (χ4v) is 2.72. The molecule has 1 aromatic rings. The monoisotopic (exact) mass is 369 g/mol. The number of carbonyl (C=O) groups is 2. The van der Waals surface area contributed by atoms with E-state index in [4.69, 9.17) is 16.3 Å². The Bertz CT molecular complexity index is 633. The number of urea groups is 1. The van der Waals surface area contributed by atoms with Crippen molar-refractivity contribution in [2.45, 2.75) is 32.4 Å². The maximum absolute atomic E-state index is 12.5. The fraction of sp³-hybridized carbons (Fsp3) is 0.529. The van der Waals surface area contributed by atoms with E-state index in [1.165, 1.54) is 9.80 Å². The number of hydrogen-bond acceptors (Lipinski definition) is 4. The Morgan fingerprint density at radius 1 is 1.36 bits per heavy atom. The van der Waals surface area contributed by atoms with Gasteiger partial charge in [-0.2, -0.15) is 0 Å². The standard InChI is InChI=1S/C17H24ClN3O4/c1-17(2,3)25-16(24)20-7-8-21(14(10-20)11-22)15(23)19-13-6-4-5-12(18)9-13/h4-6,9,14,22H,7-8,10-11H2,1-3H3,(H,19,23). The average molecular weight is 370 g/mol. The number of ether oxygens (including phenoxy) is 1. The summed E-state index contributed by atoms with van der Waals surface area (Å²) in [5.41, 5.74) is -0.0175. The smallest absolute Gasteiger partial charge is 0.410 e. The molecule has 1 saturated heterocycles. The summed E-state index contributed by atoms with van der Waals surface area (Å²) in [6.45, 7) is 6.00. The van der Waals surface area contributed by atoms with Crippen molar-refractivity contribution < 1.29 is 19.4 Å². The van der Waals surface area contributed by atoms with E-state index in [1.54, 1.807) is 45.0 Å². The molecule has 1 aliphatic heterocycles. The van der Waals surface area contributed by atoms with Crippen molar-refractivity contribution in [2.24, 2.45) is 0 Å². The number of nitrogens with one attached hydrogen (secondary N) is 1. The molecule has 1 fully saturated rings. The molecule has 1 atom stereocenters. The van der Waals surface area contributed by atoms with Crippen LogP contribution < -0.4 is 5.32 Å². The summed E-state index contributed by atoms with van der Waals surface area (Å²) in [6, 6.07) is 5.99. The van der Waals surface area contributed by atoms with E-state index >= 15 is 0 Å². The molecular weight excluding hydrogens is 346 g/mol. The number of aliphatic hydroxyl groups is 1. The first kappa shape index (κ1) is 19.3. The summed E-state index contributed by atoms with van der Waals surface area (Å²) in [5, 5.41) is 12.9. The zero-order chi connectivity index (χ0) is 18.6. The van der Waals surface area contributed by atoms with E-state index in [0.29, 0.717) is 23.8 Å². The minimum Gasteiger partial charge on any atom is -0.444 e. The van der Waals surface area contributed by atoms with Gasteiger partial charge < -0.3 is 25.0 Å². The third-order valence-corrected chi connectivity index (χ3v) is 3.92. The van der Waals surface area contributed by atoms with Crippen LogP contribution in [-0.2, 0) is 4.74 Å². The second-order valence-corrected chi connectivity index (χ2v) is 7.33. The zero-order valence-corrected chi connectivity index (χ0v) is 15.4. The molecule has 0 aliphatic carbocycles. The van der Waals surface area contributed by atoms with Gasteiger partial charge in [0.1, 0.15) is 5.60 Å². The molecule has 0 bridgehead atoms. The molecule has 0 saturated carbocycles. The van der Waals surface area contributed by atoms with E-state index in [1.807, 2.05) is 0 Å². The molecule has 0 radical (unpaired) electrons. The van der Waals surface area contributed by atoms with E-state index in [9.17, 15) is 14.7 Å². The number of anilines is 1. The highest BCUT2D eigenvalue weighted by Crippen LogP contribution is 2.18. The van der Waals surface area contributed by atoms with Crippen LogP contribution in [0.1, 0.15) is 20.8 Å². The number of piperazine rings is 1. The molecule has 0 spiro atoms. The van der Waals surface area contributed by atoms with Crippen LogP contribution in [-0.4, -0.2) is 64.9 Å². The Balaban J connectivity index is 1.99. The topological polar surface area (TPSA) is 82.1 Å².